The molecule has 1 heterocycles. The van der Waals surface area contributed by atoms with Gasteiger partial charge in [0.15, 0.2) is 0 Å². The molecule has 0 fully saturated rings. The summed E-state index contributed by atoms with van der Waals surface area (Å²) in [5.41, 5.74) is 0. The first-order chi connectivity index (χ1) is 6.26. The lowest BCUT2D eigenvalue weighted by molar-refractivity contribution is -0.139. The third-order valence-corrected chi connectivity index (χ3v) is 1.42. The Labute approximate surface area is 75.7 Å². The minimum atomic E-state index is -0.367. The van der Waals surface area contributed by atoms with Crippen molar-refractivity contribution in [2.45, 2.75) is 6.42 Å². The first-order valence-electron chi connectivity index (χ1n) is 3.69. The van der Waals surface area contributed by atoms with Crippen LogP contribution in [0.2, 0.25) is 0 Å². The monoisotopic (exact) mass is 182 g/mol. The number of carbonyl (C=O) groups is 1. The lowest BCUT2D eigenvalue weighted by Crippen LogP contribution is -2.08. The number of methoxy groups -OCH3 is 2. The second-order valence-electron chi connectivity index (χ2n) is 2.27. The van der Waals surface area contributed by atoms with Crippen LogP contribution in [-0.2, 0) is 16.0 Å². The zero-order valence-electron chi connectivity index (χ0n) is 7.48. The van der Waals surface area contributed by atoms with Crippen LogP contribution in [0.15, 0.2) is 12.3 Å². The third kappa shape index (κ3) is 2.70. The van der Waals surface area contributed by atoms with Crippen LogP contribution in [0.1, 0.15) is 5.82 Å². The van der Waals surface area contributed by atoms with Gasteiger partial charge in [0.1, 0.15) is 12.2 Å². The van der Waals surface area contributed by atoms with Crippen LogP contribution in [0.25, 0.3) is 0 Å². The van der Waals surface area contributed by atoms with E-state index in [-0.39, 0.29) is 12.4 Å². The van der Waals surface area contributed by atoms with E-state index < -0.39 is 0 Å². The van der Waals surface area contributed by atoms with Crippen LogP contribution in [0.5, 0.6) is 5.88 Å². The largest absolute Gasteiger partial charge is 0.481 e. The van der Waals surface area contributed by atoms with Gasteiger partial charge in [-0.3, -0.25) is 4.79 Å². The second kappa shape index (κ2) is 4.39. The van der Waals surface area contributed by atoms with Crippen molar-refractivity contribution in [3.63, 3.8) is 0 Å². The Morgan fingerprint density at radius 3 is 2.92 bits per heavy atom. The number of aromatic nitrogens is 2. The molecule has 0 N–H and O–H groups in total. The van der Waals surface area contributed by atoms with Crippen molar-refractivity contribution in [2.24, 2.45) is 0 Å². The van der Waals surface area contributed by atoms with Crippen molar-refractivity contribution in [2.75, 3.05) is 14.2 Å². The molecule has 0 bridgehead atoms. The maximum absolute atomic E-state index is 10.8. The molecule has 0 aliphatic rings. The van der Waals surface area contributed by atoms with Gasteiger partial charge >= 0.3 is 5.97 Å². The lowest BCUT2D eigenvalue weighted by Gasteiger charge is -2.00. The Kier molecular flexibility index (Phi) is 3.19. The molecule has 0 unspecified atom stereocenters. The topological polar surface area (TPSA) is 61.3 Å². The normalized spacial score (nSPS) is 9.38. The lowest BCUT2D eigenvalue weighted by atomic mass is 10.4. The molecular formula is C8H10N2O3. The van der Waals surface area contributed by atoms with Gasteiger partial charge in [-0.25, -0.2) is 4.98 Å². The molecule has 0 saturated carbocycles. The van der Waals surface area contributed by atoms with Crippen molar-refractivity contribution in [3.05, 3.63) is 18.1 Å². The summed E-state index contributed by atoms with van der Waals surface area (Å²) in [4.78, 5) is 18.7. The summed E-state index contributed by atoms with van der Waals surface area (Å²) in [5, 5.41) is 0. The van der Waals surface area contributed by atoms with Gasteiger partial charge in [-0.15, -0.1) is 0 Å². The predicted octanol–water partition coefficient (Wildman–Crippen LogP) is 0.201. The zero-order chi connectivity index (χ0) is 9.68. The van der Waals surface area contributed by atoms with E-state index >= 15 is 0 Å². The van der Waals surface area contributed by atoms with Crippen LogP contribution in [0.4, 0.5) is 0 Å². The first-order valence-corrected chi connectivity index (χ1v) is 3.69. The van der Waals surface area contributed by atoms with Crippen LogP contribution in [0.3, 0.4) is 0 Å². The molecule has 0 aromatic carbocycles. The minimum Gasteiger partial charge on any atom is -0.481 e. The average Bonchev–Trinajstić information content (AvgIpc) is 2.18. The fourth-order valence-electron chi connectivity index (χ4n) is 0.781. The molecule has 0 radical (unpaired) electrons. The molecule has 5 heteroatoms. The fourth-order valence-corrected chi connectivity index (χ4v) is 0.781. The number of hydrogen-bond donors (Lipinski definition) is 0. The van der Waals surface area contributed by atoms with E-state index in [1.807, 2.05) is 0 Å². The molecule has 0 amide bonds. The molecule has 0 saturated heterocycles. The molecule has 1 rings (SSSR count). The Bertz CT molecular complexity index is 301. The molecule has 1 aromatic rings. The Balaban J connectivity index is 2.71. The number of ether oxygens (including phenoxy) is 2. The maximum Gasteiger partial charge on any atom is 0.313 e. The summed E-state index contributed by atoms with van der Waals surface area (Å²) >= 11 is 0. The zero-order valence-corrected chi connectivity index (χ0v) is 7.48. The quantitative estimate of drug-likeness (QED) is 0.625. The molecule has 0 aliphatic carbocycles. The van der Waals surface area contributed by atoms with Crippen molar-refractivity contribution < 1.29 is 14.3 Å². The molecule has 0 aliphatic heterocycles. The van der Waals surface area contributed by atoms with E-state index in [1.54, 1.807) is 6.07 Å². The van der Waals surface area contributed by atoms with Crippen molar-refractivity contribution >= 4 is 5.97 Å². The van der Waals surface area contributed by atoms with E-state index in [1.165, 1.54) is 20.4 Å². The minimum absolute atomic E-state index is 0.0632. The van der Waals surface area contributed by atoms with Gasteiger partial charge in [-0.05, 0) is 0 Å². The SMILES string of the molecule is COC(=O)Cc1nccc(OC)n1. The highest BCUT2D eigenvalue weighted by Crippen LogP contribution is 2.04. The third-order valence-electron chi connectivity index (χ3n) is 1.42. The highest BCUT2D eigenvalue weighted by molar-refractivity contribution is 5.71. The average molecular weight is 182 g/mol. The van der Waals surface area contributed by atoms with Gasteiger partial charge in [-0.2, -0.15) is 4.98 Å². The first kappa shape index (κ1) is 9.44. The molecular weight excluding hydrogens is 172 g/mol. The van der Waals surface area contributed by atoms with Gasteiger partial charge in [0.2, 0.25) is 5.88 Å². The molecule has 0 spiro atoms. The van der Waals surface area contributed by atoms with Crippen LogP contribution >= 0.6 is 0 Å². The highest BCUT2D eigenvalue weighted by atomic mass is 16.5. The van der Waals surface area contributed by atoms with E-state index in [2.05, 4.69) is 14.7 Å². The standard InChI is InChI=1S/C8H10N2O3/c1-12-7-3-4-9-6(10-7)5-8(11)13-2/h3-4H,5H2,1-2H3. The second-order valence-corrected chi connectivity index (χ2v) is 2.27. The maximum atomic E-state index is 10.8. The van der Waals surface area contributed by atoms with Gasteiger partial charge < -0.3 is 9.47 Å². The van der Waals surface area contributed by atoms with Crippen molar-refractivity contribution in [3.8, 4) is 5.88 Å². The fraction of sp³-hybridized carbons (Fsp3) is 0.375. The molecule has 70 valence electrons. The number of esters is 1. The Morgan fingerprint density at radius 2 is 2.31 bits per heavy atom. The van der Waals surface area contributed by atoms with Gasteiger partial charge in [0.05, 0.1) is 14.2 Å². The number of rotatable bonds is 3. The summed E-state index contributed by atoms with van der Waals surface area (Å²) in [7, 11) is 2.83. The Morgan fingerprint density at radius 1 is 1.54 bits per heavy atom. The van der Waals surface area contributed by atoms with Gasteiger partial charge in [-0.1, -0.05) is 0 Å². The summed E-state index contributed by atoms with van der Waals surface area (Å²) in [5.74, 6) is 0.466. The van der Waals surface area contributed by atoms with Crippen molar-refractivity contribution in [1.82, 2.24) is 9.97 Å². The summed E-state index contributed by atoms with van der Waals surface area (Å²) in [6.45, 7) is 0. The molecule has 13 heavy (non-hydrogen) atoms. The summed E-state index contributed by atoms with van der Waals surface area (Å²) in [6.07, 6.45) is 1.60. The predicted molar refractivity (Wildman–Crippen MR) is 44.3 cm³/mol. The summed E-state index contributed by atoms with van der Waals surface area (Å²) < 4.78 is 9.33. The van der Waals surface area contributed by atoms with E-state index in [0.29, 0.717) is 11.7 Å². The Hall–Kier alpha value is -1.65. The summed E-state index contributed by atoms with van der Waals surface area (Å²) in [6, 6.07) is 1.61. The molecule has 5 nitrogen and oxygen atoms in total. The van der Waals surface area contributed by atoms with Gasteiger partial charge in [0.25, 0.3) is 0 Å². The van der Waals surface area contributed by atoms with E-state index in [9.17, 15) is 4.79 Å². The van der Waals surface area contributed by atoms with E-state index in [0.717, 1.165) is 0 Å². The van der Waals surface area contributed by atoms with E-state index in [4.69, 9.17) is 4.74 Å². The number of hydrogen-bond acceptors (Lipinski definition) is 5. The van der Waals surface area contributed by atoms with Gasteiger partial charge in [0, 0.05) is 12.3 Å². The van der Waals surface area contributed by atoms with Crippen LogP contribution in [0, 0.1) is 0 Å². The van der Waals surface area contributed by atoms with Crippen LogP contribution in [-0.4, -0.2) is 30.2 Å². The molecule has 0 atom stereocenters. The van der Waals surface area contributed by atoms with Crippen LogP contribution < -0.4 is 4.74 Å². The number of carbonyl (C=O) groups excluding carboxylic acids is 1. The molecule has 1 aromatic heterocycles. The van der Waals surface area contributed by atoms with Crippen molar-refractivity contribution in [1.29, 1.82) is 0 Å². The highest BCUT2D eigenvalue weighted by Gasteiger charge is 2.05. The number of nitrogens with zero attached hydrogens (tertiary/aromatic N) is 2. The smallest absolute Gasteiger partial charge is 0.313 e.